The minimum Gasteiger partial charge on any atom is -0.166 e. The van der Waals surface area contributed by atoms with E-state index in [4.69, 9.17) is 11.6 Å². The van der Waals surface area contributed by atoms with E-state index in [1.54, 1.807) is 0 Å². The first-order chi connectivity index (χ1) is 6.48. The summed E-state index contributed by atoms with van der Waals surface area (Å²) in [5, 5.41) is 0.257. The Kier molecular flexibility index (Phi) is 2.22. The normalized spacial score (nSPS) is 15.7. The molecule has 0 N–H and O–H groups in total. The molecule has 0 bridgehead atoms. The topological polar surface area (TPSA) is 0 Å². The number of fused-ring (bicyclic) bond motifs is 1. The quantitative estimate of drug-likeness (QED) is 0.623. The zero-order valence-electron chi connectivity index (χ0n) is 7.29. The Hall–Kier alpha value is -0.700. The van der Waals surface area contributed by atoms with Gasteiger partial charge < -0.3 is 0 Å². The molecule has 76 valence electrons. The van der Waals surface area contributed by atoms with E-state index in [9.17, 15) is 13.2 Å². The number of benzene rings is 1. The van der Waals surface area contributed by atoms with Gasteiger partial charge in [0.05, 0.1) is 5.56 Å². The van der Waals surface area contributed by atoms with Crippen molar-refractivity contribution < 1.29 is 13.2 Å². The van der Waals surface area contributed by atoms with Gasteiger partial charge in [-0.05, 0) is 42.5 Å². The molecule has 0 nitrogen and oxygen atoms in total. The summed E-state index contributed by atoms with van der Waals surface area (Å²) in [5.41, 5.74) is 1.01. The van der Waals surface area contributed by atoms with Gasteiger partial charge in [0, 0.05) is 5.02 Å². The van der Waals surface area contributed by atoms with Crippen LogP contribution in [0.4, 0.5) is 13.2 Å². The summed E-state index contributed by atoms with van der Waals surface area (Å²) in [6, 6.07) is 2.24. The van der Waals surface area contributed by atoms with Gasteiger partial charge in [-0.25, -0.2) is 0 Å². The fraction of sp³-hybridized carbons (Fsp3) is 0.400. The molecule has 0 atom stereocenters. The summed E-state index contributed by atoms with van der Waals surface area (Å²) in [6.45, 7) is 0. The Labute approximate surface area is 84.7 Å². The summed E-state index contributed by atoms with van der Waals surface area (Å²) < 4.78 is 37.1. The Morgan fingerprint density at radius 3 is 2.50 bits per heavy atom. The Morgan fingerprint density at radius 1 is 1.14 bits per heavy atom. The van der Waals surface area contributed by atoms with Crippen LogP contribution in [0.25, 0.3) is 0 Å². The summed E-state index contributed by atoms with van der Waals surface area (Å²) >= 11 is 5.78. The second kappa shape index (κ2) is 3.16. The molecule has 0 unspecified atom stereocenters. The molecule has 14 heavy (non-hydrogen) atoms. The van der Waals surface area contributed by atoms with Gasteiger partial charge in [-0.1, -0.05) is 11.6 Å². The SMILES string of the molecule is FC(F)(F)c1cc(Cl)c2c(c1)CCC2. The molecule has 0 fully saturated rings. The minimum atomic E-state index is -4.29. The number of hydrogen-bond donors (Lipinski definition) is 0. The molecule has 4 heteroatoms. The number of alkyl halides is 3. The Morgan fingerprint density at radius 2 is 1.86 bits per heavy atom. The molecule has 1 aliphatic carbocycles. The fourth-order valence-electron chi connectivity index (χ4n) is 1.82. The summed E-state index contributed by atoms with van der Waals surface area (Å²) in [7, 11) is 0. The third kappa shape index (κ3) is 1.61. The van der Waals surface area contributed by atoms with Crippen molar-refractivity contribution in [3.8, 4) is 0 Å². The van der Waals surface area contributed by atoms with Crippen LogP contribution in [0.5, 0.6) is 0 Å². The first kappa shape index (κ1) is 9.84. The van der Waals surface area contributed by atoms with E-state index in [1.807, 2.05) is 0 Å². The maximum absolute atomic E-state index is 12.4. The lowest BCUT2D eigenvalue weighted by Gasteiger charge is -2.10. The van der Waals surface area contributed by atoms with Crippen LogP contribution in [0.1, 0.15) is 23.1 Å². The summed E-state index contributed by atoms with van der Waals surface area (Å²) in [6.07, 6.45) is -1.89. The lowest BCUT2D eigenvalue weighted by Crippen LogP contribution is -2.05. The molecule has 1 aromatic rings. The van der Waals surface area contributed by atoms with Gasteiger partial charge in [-0.3, -0.25) is 0 Å². The highest BCUT2D eigenvalue weighted by atomic mass is 35.5. The van der Waals surface area contributed by atoms with Gasteiger partial charge >= 0.3 is 6.18 Å². The van der Waals surface area contributed by atoms with E-state index >= 15 is 0 Å². The Balaban J connectivity index is 2.52. The van der Waals surface area contributed by atoms with Crippen molar-refractivity contribution in [3.05, 3.63) is 33.8 Å². The standard InChI is InChI=1S/C10H8ClF3/c11-9-5-7(10(12,13)14)4-6-2-1-3-8(6)9/h4-5H,1-3H2. The third-order valence-corrected chi connectivity index (χ3v) is 2.83. The molecule has 0 amide bonds. The van der Waals surface area contributed by atoms with E-state index in [1.165, 1.54) is 6.07 Å². The first-order valence-corrected chi connectivity index (χ1v) is 4.75. The van der Waals surface area contributed by atoms with Crippen molar-refractivity contribution in [2.24, 2.45) is 0 Å². The highest BCUT2D eigenvalue weighted by molar-refractivity contribution is 6.31. The molecule has 0 heterocycles. The van der Waals surface area contributed by atoms with Gasteiger partial charge in [-0.15, -0.1) is 0 Å². The van der Waals surface area contributed by atoms with Crippen molar-refractivity contribution in [1.82, 2.24) is 0 Å². The van der Waals surface area contributed by atoms with E-state index in [-0.39, 0.29) is 5.02 Å². The second-order valence-corrected chi connectivity index (χ2v) is 3.85. The molecular weight excluding hydrogens is 213 g/mol. The van der Waals surface area contributed by atoms with Gasteiger partial charge in [0.1, 0.15) is 0 Å². The predicted octanol–water partition coefficient (Wildman–Crippen LogP) is 3.85. The minimum absolute atomic E-state index is 0.257. The van der Waals surface area contributed by atoms with Gasteiger partial charge in [0.25, 0.3) is 0 Å². The van der Waals surface area contributed by atoms with E-state index in [0.29, 0.717) is 6.42 Å². The maximum Gasteiger partial charge on any atom is 0.416 e. The molecular formula is C10H8ClF3. The molecule has 0 aliphatic heterocycles. The number of aryl methyl sites for hydroxylation is 1. The molecule has 2 rings (SSSR count). The van der Waals surface area contributed by atoms with Gasteiger partial charge in [0.15, 0.2) is 0 Å². The van der Waals surface area contributed by atoms with Crippen molar-refractivity contribution >= 4 is 11.6 Å². The third-order valence-electron chi connectivity index (χ3n) is 2.49. The van der Waals surface area contributed by atoms with Crippen LogP contribution < -0.4 is 0 Å². The van der Waals surface area contributed by atoms with Crippen LogP contribution in [-0.2, 0) is 19.0 Å². The number of halogens is 4. The van der Waals surface area contributed by atoms with Crippen LogP contribution in [0.3, 0.4) is 0 Å². The average molecular weight is 221 g/mol. The molecule has 0 radical (unpaired) electrons. The van der Waals surface area contributed by atoms with Crippen LogP contribution in [0.2, 0.25) is 5.02 Å². The number of rotatable bonds is 0. The van der Waals surface area contributed by atoms with Crippen molar-refractivity contribution in [2.75, 3.05) is 0 Å². The molecule has 1 aliphatic rings. The molecule has 0 saturated heterocycles. The monoisotopic (exact) mass is 220 g/mol. The van der Waals surface area contributed by atoms with Crippen LogP contribution in [0.15, 0.2) is 12.1 Å². The zero-order chi connectivity index (χ0) is 10.3. The molecule has 1 aromatic carbocycles. The van der Waals surface area contributed by atoms with Crippen molar-refractivity contribution in [3.63, 3.8) is 0 Å². The summed E-state index contributed by atoms with van der Waals surface area (Å²) in [5.74, 6) is 0. The first-order valence-electron chi connectivity index (χ1n) is 4.37. The largest absolute Gasteiger partial charge is 0.416 e. The van der Waals surface area contributed by atoms with Crippen LogP contribution in [-0.4, -0.2) is 0 Å². The van der Waals surface area contributed by atoms with Gasteiger partial charge in [0.2, 0.25) is 0 Å². The van der Waals surface area contributed by atoms with Crippen LogP contribution in [0, 0.1) is 0 Å². The highest BCUT2D eigenvalue weighted by Gasteiger charge is 2.32. The van der Waals surface area contributed by atoms with E-state index < -0.39 is 11.7 Å². The second-order valence-electron chi connectivity index (χ2n) is 3.45. The molecule has 0 aromatic heterocycles. The predicted molar refractivity (Wildman–Crippen MR) is 48.5 cm³/mol. The lowest BCUT2D eigenvalue weighted by atomic mass is 10.1. The average Bonchev–Trinajstić information content (AvgIpc) is 2.50. The maximum atomic E-state index is 12.4. The summed E-state index contributed by atoms with van der Waals surface area (Å²) in [4.78, 5) is 0. The molecule has 0 spiro atoms. The van der Waals surface area contributed by atoms with E-state index in [2.05, 4.69) is 0 Å². The molecule has 0 saturated carbocycles. The Bertz CT molecular complexity index is 368. The highest BCUT2D eigenvalue weighted by Crippen LogP contribution is 2.36. The van der Waals surface area contributed by atoms with Crippen molar-refractivity contribution in [1.29, 1.82) is 0 Å². The number of hydrogen-bond acceptors (Lipinski definition) is 0. The smallest absolute Gasteiger partial charge is 0.166 e. The van der Waals surface area contributed by atoms with Gasteiger partial charge in [-0.2, -0.15) is 13.2 Å². The fourth-order valence-corrected chi connectivity index (χ4v) is 2.15. The lowest BCUT2D eigenvalue weighted by molar-refractivity contribution is -0.137. The van der Waals surface area contributed by atoms with Crippen molar-refractivity contribution in [2.45, 2.75) is 25.4 Å². The zero-order valence-corrected chi connectivity index (χ0v) is 8.04. The van der Waals surface area contributed by atoms with E-state index in [0.717, 1.165) is 30.0 Å². The van der Waals surface area contributed by atoms with Crippen LogP contribution >= 0.6 is 11.6 Å².